The molecule has 112 valence electrons. The zero-order chi connectivity index (χ0) is 15.1. The van der Waals surface area contributed by atoms with Crippen LogP contribution in [0, 0.1) is 0 Å². The average molecular weight is 318 g/mol. The van der Waals surface area contributed by atoms with Gasteiger partial charge < -0.3 is 15.5 Å². The number of nitrogens with zero attached hydrogens (tertiary/aromatic N) is 3. The van der Waals surface area contributed by atoms with Gasteiger partial charge in [0.25, 0.3) is 5.91 Å². The van der Waals surface area contributed by atoms with Gasteiger partial charge in [-0.2, -0.15) is 0 Å². The van der Waals surface area contributed by atoms with Gasteiger partial charge in [0.2, 0.25) is 0 Å². The fourth-order valence-electron chi connectivity index (χ4n) is 2.10. The second-order valence-electron chi connectivity index (χ2n) is 5.07. The first-order chi connectivity index (χ1) is 9.21. The minimum atomic E-state index is -3.04. The van der Waals surface area contributed by atoms with E-state index in [0.717, 1.165) is 0 Å². The Balaban J connectivity index is 2.24. The molecule has 7 nitrogen and oxygen atoms in total. The third-order valence-corrected chi connectivity index (χ3v) is 6.17. The molecule has 1 unspecified atom stereocenters. The van der Waals surface area contributed by atoms with Gasteiger partial charge in [0.05, 0.1) is 11.5 Å². The molecule has 1 atom stereocenters. The summed E-state index contributed by atoms with van der Waals surface area (Å²) in [5.74, 6) is -0.0415. The van der Waals surface area contributed by atoms with Crippen LogP contribution in [-0.4, -0.2) is 62.4 Å². The SMILES string of the molecule is CC1CS(=O)(=O)CCN1C(=O)c1sc(N(C)C)nc1N. The molecule has 1 aliphatic rings. The van der Waals surface area contributed by atoms with Crippen molar-refractivity contribution in [3.8, 4) is 0 Å². The Labute approximate surface area is 122 Å². The van der Waals surface area contributed by atoms with E-state index < -0.39 is 9.84 Å². The highest BCUT2D eigenvalue weighted by Crippen LogP contribution is 2.29. The van der Waals surface area contributed by atoms with E-state index in [1.54, 1.807) is 16.7 Å². The zero-order valence-electron chi connectivity index (χ0n) is 11.7. The van der Waals surface area contributed by atoms with Crippen molar-refractivity contribution in [3.05, 3.63) is 4.88 Å². The van der Waals surface area contributed by atoms with E-state index in [0.29, 0.717) is 10.0 Å². The number of aromatic nitrogens is 1. The number of carbonyl (C=O) groups is 1. The number of carbonyl (C=O) groups excluding carboxylic acids is 1. The number of hydrogen-bond donors (Lipinski definition) is 1. The summed E-state index contributed by atoms with van der Waals surface area (Å²) in [5.41, 5.74) is 5.79. The van der Waals surface area contributed by atoms with Gasteiger partial charge in [-0.1, -0.05) is 11.3 Å². The van der Waals surface area contributed by atoms with E-state index in [-0.39, 0.29) is 35.8 Å². The summed E-state index contributed by atoms with van der Waals surface area (Å²) in [6.07, 6.45) is 0. The Kier molecular flexibility index (Phi) is 3.92. The third-order valence-electron chi connectivity index (χ3n) is 3.15. The summed E-state index contributed by atoms with van der Waals surface area (Å²) >= 11 is 1.22. The molecule has 0 bridgehead atoms. The summed E-state index contributed by atoms with van der Waals surface area (Å²) in [7, 11) is 0.600. The van der Waals surface area contributed by atoms with Crippen molar-refractivity contribution in [2.24, 2.45) is 0 Å². The van der Waals surface area contributed by atoms with Gasteiger partial charge in [0, 0.05) is 26.7 Å². The number of rotatable bonds is 2. The van der Waals surface area contributed by atoms with Crippen molar-refractivity contribution in [1.82, 2.24) is 9.88 Å². The minimum absolute atomic E-state index is 0.00200. The van der Waals surface area contributed by atoms with Crippen molar-refractivity contribution < 1.29 is 13.2 Å². The van der Waals surface area contributed by atoms with Gasteiger partial charge in [-0.05, 0) is 6.92 Å². The van der Waals surface area contributed by atoms with Crippen molar-refractivity contribution in [2.45, 2.75) is 13.0 Å². The standard InChI is InChI=1S/C11H18N4O3S2/c1-7-6-20(17,18)5-4-15(7)10(16)8-9(12)13-11(19-8)14(2)3/h7H,4-6,12H2,1-3H3. The van der Waals surface area contributed by atoms with Crippen LogP contribution in [0.2, 0.25) is 0 Å². The number of nitrogen functional groups attached to an aromatic ring is 1. The second kappa shape index (κ2) is 5.21. The topological polar surface area (TPSA) is 96.6 Å². The Bertz CT molecular complexity index is 624. The largest absolute Gasteiger partial charge is 0.382 e. The molecule has 9 heteroatoms. The minimum Gasteiger partial charge on any atom is -0.382 e. The van der Waals surface area contributed by atoms with Crippen molar-refractivity contribution >= 4 is 38.0 Å². The van der Waals surface area contributed by atoms with Crippen LogP contribution in [0.15, 0.2) is 0 Å². The summed E-state index contributed by atoms with van der Waals surface area (Å²) in [4.78, 5) is 20.3. The number of hydrogen-bond acceptors (Lipinski definition) is 7. The number of nitrogens with two attached hydrogens (primary N) is 1. The van der Waals surface area contributed by atoms with Crippen LogP contribution >= 0.6 is 11.3 Å². The number of thiazole rings is 1. The molecule has 1 fully saturated rings. The highest BCUT2D eigenvalue weighted by atomic mass is 32.2. The van der Waals surface area contributed by atoms with Crippen molar-refractivity contribution in [1.29, 1.82) is 0 Å². The molecule has 0 saturated carbocycles. The quantitative estimate of drug-likeness (QED) is 0.827. The summed E-state index contributed by atoms with van der Waals surface area (Å²) < 4.78 is 23.1. The Morgan fingerprint density at radius 2 is 2.15 bits per heavy atom. The fraction of sp³-hybridized carbons (Fsp3) is 0.636. The molecule has 2 N–H and O–H groups in total. The molecule has 2 heterocycles. The van der Waals surface area contributed by atoms with Gasteiger partial charge >= 0.3 is 0 Å². The number of anilines is 2. The number of amides is 1. The number of sulfone groups is 1. The summed E-state index contributed by atoms with van der Waals surface area (Å²) in [6.45, 7) is 1.94. The van der Waals surface area contributed by atoms with Crippen molar-refractivity contribution in [2.75, 3.05) is 42.8 Å². The first kappa shape index (κ1) is 15.0. The van der Waals surface area contributed by atoms with E-state index in [1.165, 1.54) is 11.3 Å². The lowest BCUT2D eigenvalue weighted by molar-refractivity contribution is 0.0718. The van der Waals surface area contributed by atoms with Crippen LogP contribution in [0.4, 0.5) is 10.9 Å². The highest BCUT2D eigenvalue weighted by molar-refractivity contribution is 7.91. The zero-order valence-corrected chi connectivity index (χ0v) is 13.3. The first-order valence-corrected chi connectivity index (χ1v) is 8.80. The van der Waals surface area contributed by atoms with E-state index >= 15 is 0 Å². The maximum atomic E-state index is 12.5. The van der Waals surface area contributed by atoms with Gasteiger partial charge in [0.15, 0.2) is 15.0 Å². The van der Waals surface area contributed by atoms with Crippen LogP contribution in [0.1, 0.15) is 16.6 Å². The maximum Gasteiger partial charge on any atom is 0.268 e. The normalized spacial score (nSPS) is 21.8. The molecule has 1 aromatic rings. The summed E-state index contributed by atoms with van der Waals surface area (Å²) in [5, 5.41) is 0.656. The van der Waals surface area contributed by atoms with Crippen LogP contribution in [0.5, 0.6) is 0 Å². The van der Waals surface area contributed by atoms with Gasteiger partial charge in [-0.3, -0.25) is 4.79 Å². The summed E-state index contributed by atoms with van der Waals surface area (Å²) in [6, 6.07) is -0.342. The van der Waals surface area contributed by atoms with E-state index in [2.05, 4.69) is 4.98 Å². The Morgan fingerprint density at radius 1 is 1.50 bits per heavy atom. The first-order valence-electron chi connectivity index (χ1n) is 6.16. The van der Waals surface area contributed by atoms with Gasteiger partial charge in [0.1, 0.15) is 10.7 Å². The molecule has 1 amide bonds. The van der Waals surface area contributed by atoms with Crippen LogP contribution in [0.3, 0.4) is 0 Å². The van der Waals surface area contributed by atoms with Gasteiger partial charge in [-0.15, -0.1) is 0 Å². The van der Waals surface area contributed by atoms with Crippen LogP contribution < -0.4 is 10.6 Å². The second-order valence-corrected chi connectivity index (χ2v) is 8.27. The molecule has 1 aromatic heterocycles. The molecule has 0 spiro atoms. The van der Waals surface area contributed by atoms with Crippen LogP contribution in [-0.2, 0) is 9.84 Å². The molecular formula is C11H18N4O3S2. The molecule has 0 radical (unpaired) electrons. The Morgan fingerprint density at radius 3 is 2.65 bits per heavy atom. The smallest absolute Gasteiger partial charge is 0.268 e. The highest BCUT2D eigenvalue weighted by Gasteiger charge is 2.33. The third kappa shape index (κ3) is 2.88. The maximum absolute atomic E-state index is 12.5. The average Bonchev–Trinajstić information content (AvgIpc) is 2.69. The van der Waals surface area contributed by atoms with Gasteiger partial charge in [-0.25, -0.2) is 13.4 Å². The molecule has 1 aliphatic heterocycles. The van der Waals surface area contributed by atoms with E-state index in [4.69, 9.17) is 5.73 Å². The van der Waals surface area contributed by atoms with Crippen LogP contribution in [0.25, 0.3) is 0 Å². The van der Waals surface area contributed by atoms with Crippen molar-refractivity contribution in [3.63, 3.8) is 0 Å². The molecule has 1 saturated heterocycles. The molecule has 0 aromatic carbocycles. The molecule has 2 rings (SSSR count). The lowest BCUT2D eigenvalue weighted by atomic mass is 10.3. The van der Waals surface area contributed by atoms with E-state index in [1.807, 2.05) is 14.1 Å². The van der Waals surface area contributed by atoms with E-state index in [9.17, 15) is 13.2 Å². The lowest BCUT2D eigenvalue weighted by Gasteiger charge is -2.32. The Hall–Kier alpha value is -1.35. The lowest BCUT2D eigenvalue weighted by Crippen LogP contribution is -2.49. The molecule has 0 aliphatic carbocycles. The predicted molar refractivity (Wildman–Crippen MR) is 80.0 cm³/mol. The monoisotopic (exact) mass is 318 g/mol. The fourth-order valence-corrected chi connectivity index (χ4v) is 4.52. The predicted octanol–water partition coefficient (Wildman–Crippen LogP) is 0.0504. The molecule has 20 heavy (non-hydrogen) atoms. The molecular weight excluding hydrogens is 300 g/mol.